The monoisotopic (exact) mass is 291 g/mol. The summed E-state index contributed by atoms with van der Waals surface area (Å²) in [5.41, 5.74) is -0.750. The second kappa shape index (κ2) is 4.53. The lowest BCUT2D eigenvalue weighted by Gasteiger charge is -2.28. The van der Waals surface area contributed by atoms with Crippen molar-refractivity contribution in [1.82, 2.24) is 5.06 Å². The van der Waals surface area contributed by atoms with E-state index in [1.165, 1.54) is 0 Å². The number of amides is 2. The molecule has 5 nitrogen and oxygen atoms in total. The molecule has 1 rings (SSSR count). The van der Waals surface area contributed by atoms with Gasteiger partial charge in [-0.15, -0.1) is 5.06 Å². The first-order valence-electron chi connectivity index (χ1n) is 4.96. The van der Waals surface area contributed by atoms with Gasteiger partial charge < -0.3 is 4.84 Å². The van der Waals surface area contributed by atoms with E-state index in [0.29, 0.717) is 11.5 Å². The molecule has 0 saturated carbocycles. The Balaban J connectivity index is 2.75. The Hall–Kier alpha value is -0.910. The van der Waals surface area contributed by atoms with Crippen molar-refractivity contribution in [2.24, 2.45) is 5.41 Å². The molecule has 1 aliphatic heterocycles. The van der Waals surface area contributed by atoms with E-state index in [9.17, 15) is 14.4 Å². The normalized spacial score (nSPS) is 22.2. The van der Waals surface area contributed by atoms with E-state index in [1.807, 2.05) is 0 Å². The molecular formula is C10H14BrNO4. The highest BCUT2D eigenvalue weighted by molar-refractivity contribution is 9.10. The van der Waals surface area contributed by atoms with Crippen molar-refractivity contribution in [3.63, 3.8) is 0 Å². The first-order chi connectivity index (χ1) is 7.23. The van der Waals surface area contributed by atoms with Crippen LogP contribution in [-0.4, -0.2) is 27.7 Å². The summed E-state index contributed by atoms with van der Waals surface area (Å²) < 4.78 is 0. The lowest BCUT2D eigenvalue weighted by atomic mass is 9.98. The van der Waals surface area contributed by atoms with Gasteiger partial charge in [0.2, 0.25) is 0 Å². The van der Waals surface area contributed by atoms with Crippen LogP contribution in [0.1, 0.15) is 33.6 Å². The van der Waals surface area contributed by atoms with E-state index < -0.39 is 28.0 Å². The molecular weight excluding hydrogens is 278 g/mol. The number of rotatable bonds is 1. The standard InChI is InChI=1S/C10H14BrNO4/c1-10(2,3)9(15)16-12-7(13)5-4-6(11)8(12)14/h6H,4-5H2,1-3H3. The highest BCUT2D eigenvalue weighted by atomic mass is 79.9. The van der Waals surface area contributed by atoms with Crippen LogP contribution < -0.4 is 0 Å². The maximum absolute atomic E-state index is 11.6. The molecule has 1 heterocycles. The topological polar surface area (TPSA) is 63.7 Å². The Labute approximate surface area is 102 Å². The zero-order valence-electron chi connectivity index (χ0n) is 9.45. The van der Waals surface area contributed by atoms with Gasteiger partial charge in [0.1, 0.15) is 0 Å². The van der Waals surface area contributed by atoms with Crippen LogP contribution in [0.15, 0.2) is 0 Å². The van der Waals surface area contributed by atoms with E-state index in [1.54, 1.807) is 20.8 Å². The quantitative estimate of drug-likeness (QED) is 0.541. The fourth-order valence-corrected chi connectivity index (χ4v) is 1.46. The van der Waals surface area contributed by atoms with Gasteiger partial charge in [0, 0.05) is 6.42 Å². The number of hydroxylamine groups is 2. The highest BCUT2D eigenvalue weighted by Crippen LogP contribution is 2.22. The van der Waals surface area contributed by atoms with Crippen molar-refractivity contribution in [2.45, 2.75) is 38.4 Å². The van der Waals surface area contributed by atoms with Gasteiger partial charge in [0.05, 0.1) is 10.2 Å². The van der Waals surface area contributed by atoms with Crippen molar-refractivity contribution < 1.29 is 19.2 Å². The summed E-state index contributed by atoms with van der Waals surface area (Å²) in [5, 5.41) is 0.566. The van der Waals surface area contributed by atoms with Crippen LogP contribution in [0.2, 0.25) is 0 Å². The van der Waals surface area contributed by atoms with Crippen molar-refractivity contribution in [2.75, 3.05) is 0 Å². The molecule has 1 atom stereocenters. The summed E-state index contributed by atoms with van der Waals surface area (Å²) in [7, 11) is 0. The molecule has 0 spiro atoms. The van der Waals surface area contributed by atoms with E-state index in [0.717, 1.165) is 0 Å². The number of carbonyl (C=O) groups is 3. The van der Waals surface area contributed by atoms with Crippen LogP contribution in [0.5, 0.6) is 0 Å². The predicted octanol–water partition coefficient (Wildman–Crippen LogP) is 1.40. The Bertz CT molecular complexity index is 334. The van der Waals surface area contributed by atoms with Crippen molar-refractivity contribution >= 4 is 33.7 Å². The van der Waals surface area contributed by atoms with Crippen LogP contribution in [0.3, 0.4) is 0 Å². The Morgan fingerprint density at radius 3 is 2.50 bits per heavy atom. The number of carbonyl (C=O) groups excluding carboxylic acids is 3. The fourth-order valence-electron chi connectivity index (χ4n) is 1.04. The highest BCUT2D eigenvalue weighted by Gasteiger charge is 2.38. The minimum atomic E-state index is -0.750. The molecule has 0 aromatic heterocycles. The molecule has 0 bridgehead atoms. The second-order valence-corrected chi connectivity index (χ2v) is 5.77. The zero-order valence-corrected chi connectivity index (χ0v) is 11.0. The summed E-state index contributed by atoms with van der Waals surface area (Å²) >= 11 is 3.13. The molecule has 1 aliphatic rings. The van der Waals surface area contributed by atoms with E-state index in [2.05, 4.69) is 15.9 Å². The Morgan fingerprint density at radius 2 is 2.00 bits per heavy atom. The van der Waals surface area contributed by atoms with Gasteiger partial charge in [-0.05, 0) is 27.2 Å². The number of halogens is 1. The predicted molar refractivity (Wildman–Crippen MR) is 59.3 cm³/mol. The molecule has 2 amide bonds. The van der Waals surface area contributed by atoms with Gasteiger partial charge in [-0.2, -0.15) is 0 Å². The first-order valence-corrected chi connectivity index (χ1v) is 5.88. The number of alkyl halides is 1. The number of piperidine rings is 1. The summed E-state index contributed by atoms with van der Waals surface area (Å²) in [4.78, 5) is 38.9. The average Bonchev–Trinajstić information content (AvgIpc) is 2.17. The molecule has 1 saturated heterocycles. The van der Waals surface area contributed by atoms with Crippen molar-refractivity contribution in [3.8, 4) is 0 Å². The van der Waals surface area contributed by atoms with Crippen LogP contribution in [0.4, 0.5) is 0 Å². The van der Waals surface area contributed by atoms with Crippen LogP contribution >= 0.6 is 15.9 Å². The van der Waals surface area contributed by atoms with Gasteiger partial charge in [-0.3, -0.25) is 9.59 Å². The van der Waals surface area contributed by atoms with E-state index in [-0.39, 0.29) is 6.42 Å². The maximum atomic E-state index is 11.6. The van der Waals surface area contributed by atoms with Gasteiger partial charge in [0.15, 0.2) is 0 Å². The van der Waals surface area contributed by atoms with Crippen molar-refractivity contribution in [3.05, 3.63) is 0 Å². The third-order valence-electron chi connectivity index (χ3n) is 2.09. The van der Waals surface area contributed by atoms with E-state index >= 15 is 0 Å². The van der Waals surface area contributed by atoms with Gasteiger partial charge in [-0.1, -0.05) is 15.9 Å². The molecule has 16 heavy (non-hydrogen) atoms. The summed E-state index contributed by atoms with van der Waals surface area (Å²) in [5.74, 6) is -1.59. The SMILES string of the molecule is CC(C)(C)C(=O)ON1C(=O)CCC(Br)C1=O. The molecule has 0 aliphatic carbocycles. The van der Waals surface area contributed by atoms with Crippen LogP contribution in [0, 0.1) is 5.41 Å². The van der Waals surface area contributed by atoms with E-state index in [4.69, 9.17) is 4.84 Å². The summed E-state index contributed by atoms with van der Waals surface area (Å²) in [6, 6.07) is 0. The molecule has 6 heteroatoms. The van der Waals surface area contributed by atoms with Gasteiger partial charge in [0.25, 0.3) is 11.8 Å². The second-order valence-electron chi connectivity index (χ2n) is 4.66. The minimum absolute atomic E-state index is 0.194. The molecule has 1 fully saturated rings. The fraction of sp³-hybridized carbons (Fsp3) is 0.700. The smallest absolute Gasteiger partial charge is 0.330 e. The molecule has 90 valence electrons. The first kappa shape index (κ1) is 13.2. The summed E-state index contributed by atoms with van der Waals surface area (Å²) in [6.07, 6.45) is 0.625. The number of hydrogen-bond acceptors (Lipinski definition) is 4. The zero-order chi connectivity index (χ0) is 12.5. The summed E-state index contributed by atoms with van der Waals surface area (Å²) in [6.45, 7) is 4.96. The number of imide groups is 1. The maximum Gasteiger partial charge on any atom is 0.338 e. The van der Waals surface area contributed by atoms with Gasteiger partial charge in [-0.25, -0.2) is 4.79 Å². The molecule has 0 aromatic rings. The van der Waals surface area contributed by atoms with Crippen LogP contribution in [-0.2, 0) is 19.2 Å². The average molecular weight is 292 g/mol. The van der Waals surface area contributed by atoms with Gasteiger partial charge >= 0.3 is 5.97 Å². The molecule has 1 unspecified atom stereocenters. The lowest BCUT2D eigenvalue weighted by Crippen LogP contribution is -2.48. The Morgan fingerprint density at radius 1 is 1.44 bits per heavy atom. The molecule has 0 aromatic carbocycles. The lowest BCUT2D eigenvalue weighted by molar-refractivity contribution is -0.210. The van der Waals surface area contributed by atoms with Crippen molar-refractivity contribution in [1.29, 1.82) is 0 Å². The largest absolute Gasteiger partial charge is 0.338 e. The van der Waals surface area contributed by atoms with Crippen LogP contribution in [0.25, 0.3) is 0 Å². The molecule has 0 N–H and O–H groups in total. The third-order valence-corrected chi connectivity index (χ3v) is 2.94. The third kappa shape index (κ3) is 2.81. The minimum Gasteiger partial charge on any atom is -0.330 e. The number of hydrogen-bond donors (Lipinski definition) is 0. The Kier molecular flexibility index (Phi) is 3.72. The number of nitrogens with zero attached hydrogens (tertiary/aromatic N) is 1. The molecule has 0 radical (unpaired) electrons.